The van der Waals surface area contributed by atoms with Crippen molar-refractivity contribution in [2.45, 2.75) is 25.3 Å². The van der Waals surface area contributed by atoms with Gasteiger partial charge in [-0.1, -0.05) is 6.07 Å². The Kier molecular flexibility index (Phi) is 2.27. The lowest BCUT2D eigenvalue weighted by atomic mass is 9.90. The zero-order valence-corrected chi connectivity index (χ0v) is 8.11. The number of halogens is 2. The van der Waals surface area contributed by atoms with Crippen LogP contribution < -0.4 is 5.32 Å². The molecule has 1 saturated heterocycles. The second-order valence-corrected chi connectivity index (χ2v) is 3.99. The molecular weight excluding hydrogens is 184 g/mol. The third-order valence-corrected chi connectivity index (χ3v) is 2.93. The van der Waals surface area contributed by atoms with Crippen LogP contribution in [0.4, 0.5) is 8.78 Å². The highest BCUT2D eigenvalue weighted by molar-refractivity contribution is 5.26. The van der Waals surface area contributed by atoms with Gasteiger partial charge in [0.15, 0.2) is 11.6 Å². The topological polar surface area (TPSA) is 12.0 Å². The van der Waals surface area contributed by atoms with Crippen LogP contribution in [0.15, 0.2) is 18.2 Å². The lowest BCUT2D eigenvalue weighted by Gasteiger charge is -2.24. The minimum Gasteiger partial charge on any atom is -0.308 e. The summed E-state index contributed by atoms with van der Waals surface area (Å²) in [7, 11) is 0. The number of hydrogen-bond donors (Lipinski definition) is 1. The third-order valence-electron chi connectivity index (χ3n) is 2.93. The summed E-state index contributed by atoms with van der Waals surface area (Å²) in [5.74, 6) is -1.55. The molecule has 76 valence electrons. The summed E-state index contributed by atoms with van der Waals surface area (Å²) in [4.78, 5) is 0. The minimum atomic E-state index is -0.782. The molecular formula is C11H13F2N. The van der Waals surface area contributed by atoms with E-state index in [0.29, 0.717) is 0 Å². The summed E-state index contributed by atoms with van der Waals surface area (Å²) in [6.45, 7) is 2.96. The molecule has 0 radical (unpaired) electrons. The van der Waals surface area contributed by atoms with Crippen molar-refractivity contribution >= 4 is 0 Å². The molecule has 3 heteroatoms. The van der Waals surface area contributed by atoms with Crippen LogP contribution in [0, 0.1) is 11.6 Å². The highest BCUT2D eigenvalue weighted by Gasteiger charge is 2.30. The maximum absolute atomic E-state index is 13.0. The van der Waals surface area contributed by atoms with Gasteiger partial charge in [-0.05, 0) is 44.0 Å². The molecule has 1 heterocycles. The quantitative estimate of drug-likeness (QED) is 0.729. The zero-order valence-electron chi connectivity index (χ0n) is 8.11. The standard InChI is InChI=1S/C11H13F2N/c1-11(5-2-6-14-11)8-3-4-9(12)10(13)7-8/h3-4,7,14H,2,5-6H2,1H3. The maximum Gasteiger partial charge on any atom is 0.159 e. The van der Waals surface area contributed by atoms with E-state index in [-0.39, 0.29) is 5.54 Å². The Morgan fingerprint density at radius 2 is 2.07 bits per heavy atom. The summed E-state index contributed by atoms with van der Waals surface area (Å²) in [5.41, 5.74) is 0.642. The van der Waals surface area contributed by atoms with E-state index in [2.05, 4.69) is 5.32 Å². The lowest BCUT2D eigenvalue weighted by Crippen LogP contribution is -2.33. The van der Waals surface area contributed by atoms with Crippen molar-refractivity contribution < 1.29 is 8.78 Å². The molecule has 1 aromatic rings. The van der Waals surface area contributed by atoms with Gasteiger partial charge in [-0.25, -0.2) is 8.78 Å². The van der Waals surface area contributed by atoms with Crippen LogP contribution >= 0.6 is 0 Å². The molecule has 0 aliphatic carbocycles. The predicted molar refractivity (Wildman–Crippen MR) is 50.9 cm³/mol. The number of rotatable bonds is 1. The van der Waals surface area contributed by atoms with E-state index in [1.54, 1.807) is 6.07 Å². The van der Waals surface area contributed by atoms with Gasteiger partial charge in [0.1, 0.15) is 0 Å². The first-order chi connectivity index (χ1) is 6.62. The number of hydrogen-bond acceptors (Lipinski definition) is 1. The fraction of sp³-hybridized carbons (Fsp3) is 0.455. The first-order valence-corrected chi connectivity index (χ1v) is 4.82. The average molecular weight is 197 g/mol. The fourth-order valence-electron chi connectivity index (χ4n) is 1.98. The highest BCUT2D eigenvalue weighted by atomic mass is 19.2. The van der Waals surface area contributed by atoms with Gasteiger partial charge in [0, 0.05) is 5.54 Å². The van der Waals surface area contributed by atoms with E-state index < -0.39 is 11.6 Å². The van der Waals surface area contributed by atoms with Gasteiger partial charge in [-0.3, -0.25) is 0 Å². The average Bonchev–Trinajstić information content (AvgIpc) is 2.58. The smallest absolute Gasteiger partial charge is 0.159 e. The molecule has 1 aliphatic heterocycles. The van der Waals surface area contributed by atoms with Crippen LogP contribution in [0.2, 0.25) is 0 Å². The second-order valence-electron chi connectivity index (χ2n) is 3.99. The van der Waals surface area contributed by atoms with Crippen molar-refractivity contribution in [1.82, 2.24) is 5.32 Å². The van der Waals surface area contributed by atoms with Crippen LogP contribution in [-0.2, 0) is 5.54 Å². The highest BCUT2D eigenvalue weighted by Crippen LogP contribution is 2.30. The van der Waals surface area contributed by atoms with Crippen molar-refractivity contribution in [2.75, 3.05) is 6.54 Å². The van der Waals surface area contributed by atoms with Crippen molar-refractivity contribution in [3.8, 4) is 0 Å². The Bertz CT molecular complexity index is 343. The summed E-state index contributed by atoms with van der Waals surface area (Å²) in [6, 6.07) is 4.13. The fourth-order valence-corrected chi connectivity index (χ4v) is 1.98. The number of nitrogens with one attached hydrogen (secondary N) is 1. The SMILES string of the molecule is CC1(c2ccc(F)c(F)c2)CCCN1. The Balaban J connectivity index is 2.36. The maximum atomic E-state index is 13.0. The van der Waals surface area contributed by atoms with Gasteiger partial charge in [0.25, 0.3) is 0 Å². The predicted octanol–water partition coefficient (Wildman–Crippen LogP) is 2.56. The molecule has 14 heavy (non-hydrogen) atoms. The van der Waals surface area contributed by atoms with E-state index >= 15 is 0 Å². The van der Waals surface area contributed by atoms with E-state index in [4.69, 9.17) is 0 Å². The Morgan fingerprint density at radius 1 is 1.29 bits per heavy atom. The molecule has 1 nitrogen and oxygen atoms in total. The van der Waals surface area contributed by atoms with Gasteiger partial charge in [-0.2, -0.15) is 0 Å². The zero-order chi connectivity index (χ0) is 10.2. The molecule has 0 bridgehead atoms. The van der Waals surface area contributed by atoms with Crippen molar-refractivity contribution in [3.63, 3.8) is 0 Å². The van der Waals surface area contributed by atoms with Crippen LogP contribution in [0.5, 0.6) is 0 Å². The van der Waals surface area contributed by atoms with E-state index in [1.165, 1.54) is 12.1 Å². The van der Waals surface area contributed by atoms with Gasteiger partial charge < -0.3 is 5.32 Å². The first kappa shape index (κ1) is 9.59. The minimum absolute atomic E-state index is 0.186. The Morgan fingerprint density at radius 3 is 2.64 bits per heavy atom. The molecule has 0 amide bonds. The van der Waals surface area contributed by atoms with Crippen LogP contribution in [0.3, 0.4) is 0 Å². The molecule has 1 aliphatic rings. The van der Waals surface area contributed by atoms with Gasteiger partial charge in [-0.15, -0.1) is 0 Å². The Labute approximate surface area is 82.1 Å². The van der Waals surface area contributed by atoms with Crippen LogP contribution in [0.1, 0.15) is 25.3 Å². The Hall–Kier alpha value is -0.960. The van der Waals surface area contributed by atoms with Crippen LogP contribution in [-0.4, -0.2) is 6.54 Å². The van der Waals surface area contributed by atoms with Gasteiger partial charge in [0.05, 0.1) is 0 Å². The van der Waals surface area contributed by atoms with Crippen molar-refractivity contribution in [1.29, 1.82) is 0 Å². The molecule has 0 spiro atoms. The molecule has 1 fully saturated rings. The van der Waals surface area contributed by atoms with Crippen molar-refractivity contribution in [2.24, 2.45) is 0 Å². The molecule has 0 aromatic heterocycles. The molecule has 0 saturated carbocycles. The molecule has 2 rings (SSSR count). The summed E-state index contributed by atoms with van der Waals surface area (Å²) >= 11 is 0. The van der Waals surface area contributed by atoms with E-state index in [1.807, 2.05) is 6.92 Å². The summed E-state index contributed by atoms with van der Waals surface area (Å²) < 4.78 is 25.7. The molecule has 1 N–H and O–H groups in total. The molecule has 1 unspecified atom stereocenters. The first-order valence-electron chi connectivity index (χ1n) is 4.82. The van der Waals surface area contributed by atoms with Gasteiger partial charge >= 0.3 is 0 Å². The van der Waals surface area contributed by atoms with E-state index in [9.17, 15) is 8.78 Å². The largest absolute Gasteiger partial charge is 0.308 e. The third kappa shape index (κ3) is 1.52. The van der Waals surface area contributed by atoms with E-state index in [0.717, 1.165) is 24.9 Å². The summed E-state index contributed by atoms with van der Waals surface area (Å²) in [6.07, 6.45) is 2.05. The summed E-state index contributed by atoms with van der Waals surface area (Å²) in [5, 5.41) is 3.31. The monoisotopic (exact) mass is 197 g/mol. The van der Waals surface area contributed by atoms with Crippen LogP contribution in [0.25, 0.3) is 0 Å². The molecule has 1 atom stereocenters. The molecule has 1 aromatic carbocycles. The number of benzene rings is 1. The van der Waals surface area contributed by atoms with Gasteiger partial charge in [0.2, 0.25) is 0 Å². The van der Waals surface area contributed by atoms with Crippen molar-refractivity contribution in [3.05, 3.63) is 35.4 Å². The lowest BCUT2D eigenvalue weighted by molar-refractivity contribution is 0.426. The normalized spacial score (nSPS) is 26.8. The second kappa shape index (κ2) is 3.31.